The van der Waals surface area contributed by atoms with Crippen molar-refractivity contribution in [1.29, 1.82) is 0 Å². The number of hydrogen-bond donors (Lipinski definition) is 1. The summed E-state index contributed by atoms with van der Waals surface area (Å²) in [5, 5.41) is 11.5. The van der Waals surface area contributed by atoms with Gasteiger partial charge in [0.25, 0.3) is 0 Å². The van der Waals surface area contributed by atoms with Crippen molar-refractivity contribution in [2.45, 2.75) is 6.54 Å². The summed E-state index contributed by atoms with van der Waals surface area (Å²) in [7, 11) is 0. The number of aliphatic hydroxyl groups is 1. The van der Waals surface area contributed by atoms with Crippen molar-refractivity contribution >= 4 is 40.2 Å². The van der Waals surface area contributed by atoms with Gasteiger partial charge < -0.3 is 9.67 Å². The number of nitrogens with zero attached hydrogens (tertiary/aromatic N) is 2. The number of aliphatic hydroxyl groups excluding tert-OH is 1. The SMILES string of the molecule is O=Cc1ccc2c(c1)c1cc(/C=C/c3ccncc3)ccc1n2CCO. The summed E-state index contributed by atoms with van der Waals surface area (Å²) in [6.07, 6.45) is 8.51. The number of carbonyl (C=O) groups is 1. The first kappa shape index (κ1) is 16.2. The van der Waals surface area contributed by atoms with Gasteiger partial charge in [-0.25, -0.2) is 0 Å². The van der Waals surface area contributed by atoms with Crippen LogP contribution in [0, 0.1) is 0 Å². The third-order valence-electron chi connectivity index (χ3n) is 4.55. The van der Waals surface area contributed by atoms with Crippen molar-refractivity contribution in [2.75, 3.05) is 6.61 Å². The van der Waals surface area contributed by atoms with Crippen LogP contribution < -0.4 is 0 Å². The van der Waals surface area contributed by atoms with Crippen LogP contribution >= 0.6 is 0 Å². The minimum atomic E-state index is 0.0675. The number of hydrogen-bond acceptors (Lipinski definition) is 3. The first-order valence-electron chi connectivity index (χ1n) is 8.50. The number of aldehydes is 1. The molecule has 0 aliphatic carbocycles. The fraction of sp³-hybridized carbons (Fsp3) is 0.0909. The lowest BCUT2D eigenvalue weighted by molar-refractivity contribution is 0.112. The van der Waals surface area contributed by atoms with E-state index in [4.69, 9.17) is 0 Å². The molecule has 0 fully saturated rings. The van der Waals surface area contributed by atoms with Crippen molar-refractivity contribution in [1.82, 2.24) is 9.55 Å². The lowest BCUT2D eigenvalue weighted by atomic mass is 10.1. The van der Waals surface area contributed by atoms with E-state index in [2.05, 4.69) is 33.8 Å². The molecule has 0 atom stereocenters. The predicted molar refractivity (Wildman–Crippen MR) is 105 cm³/mol. The third-order valence-corrected chi connectivity index (χ3v) is 4.55. The van der Waals surface area contributed by atoms with Crippen LogP contribution in [0.4, 0.5) is 0 Å². The highest BCUT2D eigenvalue weighted by atomic mass is 16.3. The molecule has 4 heteroatoms. The molecule has 0 saturated heterocycles. The fourth-order valence-corrected chi connectivity index (χ4v) is 3.32. The highest BCUT2D eigenvalue weighted by Gasteiger charge is 2.11. The lowest BCUT2D eigenvalue weighted by Crippen LogP contribution is -2.01. The molecule has 0 spiro atoms. The van der Waals surface area contributed by atoms with E-state index in [1.165, 1.54) is 0 Å². The Morgan fingerprint density at radius 1 is 0.846 bits per heavy atom. The molecule has 0 aliphatic rings. The summed E-state index contributed by atoms with van der Waals surface area (Å²) >= 11 is 0. The highest BCUT2D eigenvalue weighted by Crippen LogP contribution is 2.31. The van der Waals surface area contributed by atoms with Crippen LogP contribution in [0.25, 0.3) is 34.0 Å². The molecule has 2 aromatic carbocycles. The largest absolute Gasteiger partial charge is 0.395 e. The smallest absolute Gasteiger partial charge is 0.150 e. The minimum Gasteiger partial charge on any atom is -0.395 e. The molecule has 2 aromatic heterocycles. The normalized spacial score (nSPS) is 11.6. The van der Waals surface area contributed by atoms with Gasteiger partial charge >= 0.3 is 0 Å². The van der Waals surface area contributed by atoms with E-state index in [0.29, 0.717) is 12.1 Å². The summed E-state index contributed by atoms with van der Waals surface area (Å²) in [5.41, 5.74) is 4.89. The Hall–Kier alpha value is -3.24. The zero-order valence-corrected chi connectivity index (χ0v) is 14.2. The van der Waals surface area contributed by atoms with Gasteiger partial charge in [0.05, 0.1) is 6.61 Å². The molecular formula is C22H18N2O2. The molecule has 0 radical (unpaired) electrons. The first-order valence-corrected chi connectivity index (χ1v) is 8.50. The number of aromatic nitrogens is 2. The molecule has 26 heavy (non-hydrogen) atoms. The molecular weight excluding hydrogens is 324 g/mol. The van der Waals surface area contributed by atoms with Gasteiger partial charge in [-0.05, 0) is 53.6 Å². The van der Waals surface area contributed by atoms with Crippen molar-refractivity contribution in [2.24, 2.45) is 0 Å². The van der Waals surface area contributed by atoms with Gasteiger partial charge in [0.15, 0.2) is 0 Å². The average Bonchev–Trinajstić information content (AvgIpc) is 3.00. The zero-order chi connectivity index (χ0) is 17.9. The Balaban J connectivity index is 1.87. The van der Waals surface area contributed by atoms with Crippen molar-refractivity contribution in [3.63, 3.8) is 0 Å². The van der Waals surface area contributed by atoms with E-state index in [1.807, 2.05) is 36.4 Å². The summed E-state index contributed by atoms with van der Waals surface area (Å²) < 4.78 is 2.09. The number of carbonyl (C=O) groups excluding carboxylic acids is 1. The predicted octanol–water partition coefficient (Wildman–Crippen LogP) is 4.16. The summed E-state index contributed by atoms with van der Waals surface area (Å²) in [4.78, 5) is 15.2. The summed E-state index contributed by atoms with van der Waals surface area (Å²) in [6.45, 7) is 0.588. The Labute approximate surface area is 151 Å². The van der Waals surface area contributed by atoms with Crippen molar-refractivity contribution in [3.8, 4) is 0 Å². The van der Waals surface area contributed by atoms with Gasteiger partial charge in [0, 0.05) is 46.3 Å². The van der Waals surface area contributed by atoms with E-state index >= 15 is 0 Å². The number of rotatable bonds is 5. The number of fused-ring (bicyclic) bond motifs is 3. The van der Waals surface area contributed by atoms with E-state index in [0.717, 1.165) is 39.2 Å². The van der Waals surface area contributed by atoms with E-state index in [1.54, 1.807) is 12.4 Å². The lowest BCUT2D eigenvalue weighted by Gasteiger charge is -2.04. The second-order valence-corrected chi connectivity index (χ2v) is 6.16. The summed E-state index contributed by atoms with van der Waals surface area (Å²) in [5.74, 6) is 0. The maximum atomic E-state index is 11.2. The molecule has 4 rings (SSSR count). The van der Waals surface area contributed by atoms with Crippen LogP contribution in [-0.2, 0) is 6.54 Å². The topological polar surface area (TPSA) is 55.1 Å². The monoisotopic (exact) mass is 342 g/mol. The molecule has 128 valence electrons. The molecule has 0 saturated carbocycles. The Morgan fingerprint density at radius 3 is 2.12 bits per heavy atom. The van der Waals surface area contributed by atoms with E-state index in [9.17, 15) is 9.90 Å². The average molecular weight is 342 g/mol. The van der Waals surface area contributed by atoms with E-state index < -0.39 is 0 Å². The third kappa shape index (κ3) is 2.91. The number of pyridine rings is 1. The Morgan fingerprint density at radius 2 is 1.46 bits per heavy atom. The number of benzene rings is 2. The van der Waals surface area contributed by atoms with Gasteiger partial charge in [0.2, 0.25) is 0 Å². The van der Waals surface area contributed by atoms with Crippen LogP contribution in [0.3, 0.4) is 0 Å². The van der Waals surface area contributed by atoms with Crippen molar-refractivity contribution in [3.05, 3.63) is 77.6 Å². The first-order chi connectivity index (χ1) is 12.8. The quantitative estimate of drug-likeness (QED) is 0.554. The van der Waals surface area contributed by atoms with Crippen LogP contribution in [0.1, 0.15) is 21.5 Å². The molecule has 1 N–H and O–H groups in total. The van der Waals surface area contributed by atoms with Gasteiger partial charge in [-0.3, -0.25) is 9.78 Å². The Kier molecular flexibility index (Phi) is 4.33. The van der Waals surface area contributed by atoms with Gasteiger partial charge in [0.1, 0.15) is 6.29 Å². The molecule has 0 amide bonds. The molecule has 0 unspecified atom stereocenters. The Bertz CT molecular complexity index is 1110. The molecule has 4 aromatic rings. The molecule has 0 aliphatic heterocycles. The van der Waals surface area contributed by atoms with Gasteiger partial charge in [-0.2, -0.15) is 0 Å². The maximum absolute atomic E-state index is 11.2. The van der Waals surface area contributed by atoms with E-state index in [-0.39, 0.29) is 6.61 Å². The second kappa shape index (κ2) is 6.94. The highest BCUT2D eigenvalue weighted by molar-refractivity contribution is 6.10. The van der Waals surface area contributed by atoms with Crippen molar-refractivity contribution < 1.29 is 9.90 Å². The van der Waals surface area contributed by atoms with Crippen LogP contribution in [0.2, 0.25) is 0 Å². The summed E-state index contributed by atoms with van der Waals surface area (Å²) in [6, 6.07) is 15.8. The van der Waals surface area contributed by atoms with Crippen LogP contribution in [0.5, 0.6) is 0 Å². The molecule has 2 heterocycles. The zero-order valence-electron chi connectivity index (χ0n) is 14.2. The van der Waals surface area contributed by atoms with Gasteiger partial charge in [-0.15, -0.1) is 0 Å². The minimum absolute atomic E-state index is 0.0675. The molecule has 4 nitrogen and oxygen atoms in total. The van der Waals surface area contributed by atoms with Gasteiger partial charge in [-0.1, -0.05) is 18.2 Å². The van der Waals surface area contributed by atoms with Crippen LogP contribution in [0.15, 0.2) is 60.9 Å². The fourth-order valence-electron chi connectivity index (χ4n) is 3.32. The maximum Gasteiger partial charge on any atom is 0.150 e. The standard InChI is InChI=1S/C22H18N2O2/c25-12-11-24-21-5-3-17(2-1-16-7-9-23-10-8-16)13-19(21)20-14-18(15-26)4-6-22(20)24/h1-10,13-15,25H,11-12H2/b2-1+. The molecule has 0 bridgehead atoms. The van der Waals surface area contributed by atoms with Crippen LogP contribution in [-0.4, -0.2) is 27.6 Å². The second-order valence-electron chi connectivity index (χ2n) is 6.16.